The highest BCUT2D eigenvalue weighted by Crippen LogP contribution is 2.34. The molecule has 0 saturated carbocycles. The number of carbonyl (C=O) groups is 2. The lowest BCUT2D eigenvalue weighted by Crippen LogP contribution is -2.45. The van der Waals surface area contributed by atoms with Crippen LogP contribution in [-0.4, -0.2) is 48.3 Å². The number of carbonyl (C=O) groups excluding carboxylic acids is 2. The van der Waals surface area contributed by atoms with Crippen molar-refractivity contribution in [2.75, 3.05) is 31.1 Å². The maximum absolute atomic E-state index is 13.1. The minimum atomic E-state index is 0.129. The van der Waals surface area contributed by atoms with Crippen molar-refractivity contribution in [1.29, 1.82) is 0 Å². The minimum absolute atomic E-state index is 0.129. The number of benzene rings is 2. The van der Waals surface area contributed by atoms with E-state index in [-0.39, 0.29) is 5.92 Å². The molecule has 31 heavy (non-hydrogen) atoms. The second-order valence-corrected chi connectivity index (χ2v) is 9.65. The summed E-state index contributed by atoms with van der Waals surface area (Å²) in [6.45, 7) is 3.46. The highest BCUT2D eigenvalue weighted by molar-refractivity contribution is 7.18. The molecule has 0 bridgehead atoms. The molecule has 2 aromatic carbocycles. The monoisotopic (exact) mass is 433 g/mol. The number of hydrogen-bond donors (Lipinski definition) is 0. The van der Waals surface area contributed by atoms with Gasteiger partial charge in [-0.05, 0) is 62.1 Å². The van der Waals surface area contributed by atoms with Gasteiger partial charge in [-0.15, -0.1) is 11.3 Å². The van der Waals surface area contributed by atoms with Crippen LogP contribution in [0, 0.1) is 5.92 Å². The molecule has 0 spiro atoms. The second-order valence-electron chi connectivity index (χ2n) is 8.59. The number of para-hydroxylation sites is 1. The molecular formula is C25H27N3O2S. The van der Waals surface area contributed by atoms with E-state index in [1.807, 2.05) is 30.3 Å². The topological polar surface area (TPSA) is 53.5 Å². The lowest BCUT2D eigenvalue weighted by molar-refractivity contribution is -0.137. The van der Waals surface area contributed by atoms with Crippen LogP contribution in [0.5, 0.6) is 0 Å². The number of likely N-dealkylation sites (tertiary alicyclic amines) is 1. The first-order valence-electron chi connectivity index (χ1n) is 11.2. The third-order valence-electron chi connectivity index (χ3n) is 6.70. The van der Waals surface area contributed by atoms with Crippen LogP contribution < -0.4 is 4.90 Å². The summed E-state index contributed by atoms with van der Waals surface area (Å²) in [5.41, 5.74) is 2.92. The average molecular weight is 434 g/mol. The molecule has 0 unspecified atom stereocenters. The quantitative estimate of drug-likeness (QED) is 0.558. The van der Waals surface area contributed by atoms with Crippen molar-refractivity contribution in [3.05, 3.63) is 59.1 Å². The molecule has 5 nitrogen and oxygen atoms in total. The van der Waals surface area contributed by atoms with Crippen molar-refractivity contribution in [3.8, 4) is 0 Å². The highest BCUT2D eigenvalue weighted by atomic mass is 32.1. The Hall–Kier alpha value is -2.73. The van der Waals surface area contributed by atoms with Crippen LogP contribution in [0.15, 0.2) is 48.5 Å². The number of nitrogens with zero attached hydrogens (tertiary/aromatic N) is 3. The fourth-order valence-corrected chi connectivity index (χ4v) is 5.95. The summed E-state index contributed by atoms with van der Waals surface area (Å²) in [5, 5.41) is 1.22. The van der Waals surface area contributed by atoms with Gasteiger partial charge in [0.25, 0.3) is 0 Å². The molecule has 1 aromatic heterocycles. The third kappa shape index (κ3) is 4.22. The Kier molecular flexibility index (Phi) is 5.72. The van der Waals surface area contributed by atoms with Gasteiger partial charge in [0.15, 0.2) is 0 Å². The summed E-state index contributed by atoms with van der Waals surface area (Å²) in [6.07, 6.45) is 4.67. The highest BCUT2D eigenvalue weighted by Gasteiger charge is 2.32. The van der Waals surface area contributed by atoms with Crippen LogP contribution >= 0.6 is 11.3 Å². The Labute approximate surface area is 186 Å². The normalized spacial score (nSPS) is 18.5. The molecule has 0 radical (unpaired) electrons. The number of aldehydes is 1. The van der Waals surface area contributed by atoms with Gasteiger partial charge >= 0.3 is 0 Å². The van der Waals surface area contributed by atoms with Crippen molar-refractivity contribution in [1.82, 2.24) is 9.88 Å². The lowest BCUT2D eigenvalue weighted by atomic mass is 9.92. The van der Waals surface area contributed by atoms with E-state index < -0.39 is 0 Å². The molecule has 0 aliphatic carbocycles. The van der Waals surface area contributed by atoms with E-state index in [4.69, 9.17) is 4.98 Å². The molecule has 2 saturated heterocycles. The summed E-state index contributed by atoms with van der Waals surface area (Å²) < 4.78 is 1.25. The third-order valence-corrected chi connectivity index (χ3v) is 7.90. The fourth-order valence-electron chi connectivity index (χ4n) is 4.82. The molecular weight excluding hydrogens is 406 g/mol. The first-order valence-corrected chi connectivity index (χ1v) is 12.0. The van der Waals surface area contributed by atoms with Crippen molar-refractivity contribution >= 4 is 39.4 Å². The van der Waals surface area contributed by atoms with E-state index in [9.17, 15) is 9.59 Å². The van der Waals surface area contributed by atoms with Gasteiger partial charge in [0.2, 0.25) is 5.91 Å². The van der Waals surface area contributed by atoms with Crippen molar-refractivity contribution in [2.24, 2.45) is 5.92 Å². The summed E-state index contributed by atoms with van der Waals surface area (Å²) in [4.78, 5) is 33.2. The first kappa shape index (κ1) is 20.2. The molecule has 160 valence electrons. The Bertz CT molecular complexity index is 1030. The number of hydrogen-bond acceptors (Lipinski definition) is 5. The maximum atomic E-state index is 13.1. The van der Waals surface area contributed by atoms with Crippen LogP contribution in [0.1, 0.15) is 47.0 Å². The predicted molar refractivity (Wildman–Crippen MR) is 125 cm³/mol. The Morgan fingerprint density at radius 1 is 0.935 bits per heavy atom. The van der Waals surface area contributed by atoms with E-state index in [1.165, 1.54) is 9.71 Å². The van der Waals surface area contributed by atoms with E-state index in [2.05, 4.69) is 28.0 Å². The number of thiazole rings is 1. The lowest BCUT2D eigenvalue weighted by Gasteiger charge is -2.37. The Morgan fingerprint density at radius 2 is 1.65 bits per heavy atom. The zero-order chi connectivity index (χ0) is 21.2. The molecule has 5 rings (SSSR count). The van der Waals surface area contributed by atoms with Crippen molar-refractivity contribution < 1.29 is 9.59 Å². The molecule has 2 fully saturated rings. The van der Waals surface area contributed by atoms with Crippen LogP contribution in [0.3, 0.4) is 0 Å². The molecule has 0 N–H and O–H groups in total. The molecule has 2 aliphatic rings. The summed E-state index contributed by atoms with van der Waals surface area (Å²) >= 11 is 1.80. The van der Waals surface area contributed by atoms with Gasteiger partial charge in [-0.1, -0.05) is 12.1 Å². The van der Waals surface area contributed by atoms with Crippen LogP contribution in [0.25, 0.3) is 10.2 Å². The number of fused-ring (bicyclic) bond motifs is 1. The van der Waals surface area contributed by atoms with Gasteiger partial charge < -0.3 is 9.80 Å². The maximum Gasteiger partial charge on any atom is 0.225 e. The standard InChI is InChI=1S/C25H27N3O2S/c29-17-18-5-7-21(8-6-18)27-13-11-20(12-14-27)25(30)28-15-9-19(10-16-28)24-26-22-3-1-2-4-23(22)31-24/h1-8,17,19-20H,9-16H2. The van der Waals surface area contributed by atoms with Gasteiger partial charge in [0, 0.05) is 49.3 Å². The van der Waals surface area contributed by atoms with Gasteiger partial charge in [0.1, 0.15) is 6.29 Å². The van der Waals surface area contributed by atoms with Gasteiger partial charge in [0.05, 0.1) is 15.2 Å². The van der Waals surface area contributed by atoms with Gasteiger partial charge in [-0.25, -0.2) is 4.98 Å². The van der Waals surface area contributed by atoms with Gasteiger partial charge in [-0.3, -0.25) is 9.59 Å². The van der Waals surface area contributed by atoms with Crippen molar-refractivity contribution in [3.63, 3.8) is 0 Å². The van der Waals surface area contributed by atoms with Crippen LogP contribution in [0.4, 0.5) is 5.69 Å². The number of anilines is 1. The van der Waals surface area contributed by atoms with Crippen LogP contribution in [0.2, 0.25) is 0 Å². The smallest absolute Gasteiger partial charge is 0.225 e. The van der Waals surface area contributed by atoms with Gasteiger partial charge in [-0.2, -0.15) is 0 Å². The molecule has 3 heterocycles. The summed E-state index contributed by atoms with van der Waals surface area (Å²) in [6, 6.07) is 16.0. The first-order chi connectivity index (χ1) is 15.2. The van der Waals surface area contributed by atoms with E-state index in [0.29, 0.717) is 17.4 Å². The minimum Gasteiger partial charge on any atom is -0.371 e. The second kappa shape index (κ2) is 8.79. The Morgan fingerprint density at radius 3 is 2.32 bits per heavy atom. The zero-order valence-electron chi connectivity index (χ0n) is 17.6. The molecule has 0 atom stereocenters. The molecule has 6 heteroatoms. The molecule has 1 amide bonds. The predicted octanol–water partition coefficient (Wildman–Crippen LogP) is 4.73. The molecule has 3 aromatic rings. The summed E-state index contributed by atoms with van der Waals surface area (Å²) in [7, 11) is 0. The fraction of sp³-hybridized carbons (Fsp3) is 0.400. The largest absolute Gasteiger partial charge is 0.371 e. The van der Waals surface area contributed by atoms with E-state index in [1.54, 1.807) is 11.3 Å². The van der Waals surface area contributed by atoms with Crippen LogP contribution in [-0.2, 0) is 4.79 Å². The SMILES string of the molecule is O=Cc1ccc(N2CCC(C(=O)N3CCC(c4nc5ccccc5s4)CC3)CC2)cc1. The number of piperidine rings is 2. The number of amides is 1. The van der Waals surface area contributed by atoms with E-state index in [0.717, 1.165) is 69.4 Å². The van der Waals surface area contributed by atoms with E-state index >= 15 is 0 Å². The van der Waals surface area contributed by atoms with Crippen molar-refractivity contribution in [2.45, 2.75) is 31.6 Å². The average Bonchev–Trinajstić information content (AvgIpc) is 3.28. The molecule has 2 aliphatic heterocycles. The number of rotatable bonds is 4. The zero-order valence-corrected chi connectivity index (χ0v) is 18.4. The summed E-state index contributed by atoms with van der Waals surface area (Å²) in [5.74, 6) is 0.931. The number of aromatic nitrogens is 1. The Balaban J connectivity index is 1.14.